The Morgan fingerprint density at radius 3 is 2.65 bits per heavy atom. The summed E-state index contributed by atoms with van der Waals surface area (Å²) in [6, 6.07) is 9.47. The van der Waals surface area contributed by atoms with Gasteiger partial charge in [-0.1, -0.05) is 12.1 Å². The van der Waals surface area contributed by atoms with Gasteiger partial charge in [-0.05, 0) is 37.6 Å². The minimum absolute atomic E-state index is 0.0939. The lowest BCUT2D eigenvalue weighted by molar-refractivity contribution is -0.120. The van der Waals surface area contributed by atoms with Crippen LogP contribution in [0.4, 0.5) is 0 Å². The van der Waals surface area contributed by atoms with Crippen LogP contribution in [0.5, 0.6) is 0 Å². The molecule has 2 rings (SSSR count). The van der Waals surface area contributed by atoms with E-state index in [4.69, 9.17) is 0 Å². The van der Waals surface area contributed by atoms with Crippen molar-refractivity contribution < 1.29 is 9.59 Å². The van der Waals surface area contributed by atoms with E-state index >= 15 is 0 Å². The first kappa shape index (κ1) is 16.7. The molecule has 0 atom stereocenters. The van der Waals surface area contributed by atoms with Crippen molar-refractivity contribution in [1.29, 1.82) is 0 Å². The van der Waals surface area contributed by atoms with E-state index in [2.05, 4.69) is 15.7 Å². The van der Waals surface area contributed by atoms with Crippen LogP contribution < -0.4 is 10.6 Å². The van der Waals surface area contributed by atoms with Crippen molar-refractivity contribution in [2.45, 2.75) is 26.8 Å². The van der Waals surface area contributed by atoms with Crippen LogP contribution in [0.1, 0.15) is 33.7 Å². The van der Waals surface area contributed by atoms with E-state index < -0.39 is 0 Å². The van der Waals surface area contributed by atoms with Gasteiger partial charge in [0.25, 0.3) is 5.91 Å². The zero-order valence-electron chi connectivity index (χ0n) is 13.7. The summed E-state index contributed by atoms with van der Waals surface area (Å²) in [4.78, 5) is 23.3. The Labute approximate surface area is 135 Å². The van der Waals surface area contributed by atoms with Gasteiger partial charge < -0.3 is 10.6 Å². The molecule has 6 heteroatoms. The Kier molecular flexibility index (Phi) is 5.51. The summed E-state index contributed by atoms with van der Waals surface area (Å²) in [7, 11) is 1.58. The molecule has 0 aliphatic carbocycles. The van der Waals surface area contributed by atoms with Gasteiger partial charge in [0.1, 0.15) is 0 Å². The van der Waals surface area contributed by atoms with Crippen LogP contribution in [0.3, 0.4) is 0 Å². The molecule has 1 aromatic heterocycles. The van der Waals surface area contributed by atoms with E-state index in [0.717, 1.165) is 17.0 Å². The van der Waals surface area contributed by atoms with Crippen LogP contribution in [0, 0.1) is 13.8 Å². The Morgan fingerprint density at radius 1 is 1.22 bits per heavy atom. The molecule has 2 amide bonds. The van der Waals surface area contributed by atoms with E-state index in [9.17, 15) is 9.59 Å². The minimum Gasteiger partial charge on any atom is -0.359 e. The monoisotopic (exact) mass is 314 g/mol. The fourth-order valence-corrected chi connectivity index (χ4v) is 2.34. The summed E-state index contributed by atoms with van der Waals surface area (Å²) in [5.74, 6) is -0.271. The third kappa shape index (κ3) is 4.67. The first-order chi connectivity index (χ1) is 11.0. The Morgan fingerprint density at radius 2 is 2.00 bits per heavy atom. The number of carbonyl (C=O) groups excluding carboxylic acids is 2. The summed E-state index contributed by atoms with van der Waals surface area (Å²) in [5.41, 5.74) is 3.66. The van der Waals surface area contributed by atoms with Crippen molar-refractivity contribution in [2.24, 2.45) is 0 Å². The zero-order chi connectivity index (χ0) is 16.8. The Bertz CT molecular complexity index is 706. The lowest BCUT2D eigenvalue weighted by Crippen LogP contribution is -2.29. The molecule has 0 saturated carbocycles. The number of nitrogens with one attached hydrogen (secondary N) is 2. The van der Waals surface area contributed by atoms with E-state index in [0.29, 0.717) is 18.7 Å². The minimum atomic E-state index is -0.177. The van der Waals surface area contributed by atoms with Gasteiger partial charge in [0, 0.05) is 31.3 Å². The molecule has 2 N–H and O–H groups in total. The fraction of sp³-hybridized carbons (Fsp3) is 0.353. The first-order valence-electron chi connectivity index (χ1n) is 7.58. The maximum Gasteiger partial charge on any atom is 0.251 e. The number of benzene rings is 1. The zero-order valence-corrected chi connectivity index (χ0v) is 13.7. The number of rotatable bonds is 6. The average Bonchev–Trinajstić information content (AvgIpc) is 2.84. The molecule has 1 heterocycles. The number of hydrogen-bond acceptors (Lipinski definition) is 3. The lowest BCUT2D eigenvalue weighted by Gasteiger charge is -2.08. The molecule has 0 saturated heterocycles. The van der Waals surface area contributed by atoms with Crippen LogP contribution in [-0.4, -0.2) is 35.2 Å². The molecule has 2 aromatic rings. The normalized spacial score (nSPS) is 10.4. The molecule has 0 aliphatic heterocycles. The molecule has 1 aromatic carbocycles. The van der Waals surface area contributed by atoms with Gasteiger partial charge in [0.05, 0.1) is 12.2 Å². The van der Waals surface area contributed by atoms with Gasteiger partial charge in [-0.2, -0.15) is 5.10 Å². The summed E-state index contributed by atoms with van der Waals surface area (Å²) in [6.45, 7) is 4.91. The molecule has 0 bridgehead atoms. The van der Waals surface area contributed by atoms with Crippen molar-refractivity contribution in [2.75, 3.05) is 13.6 Å². The number of amides is 2. The van der Waals surface area contributed by atoms with Crippen molar-refractivity contribution in [3.8, 4) is 0 Å². The highest BCUT2D eigenvalue weighted by Gasteiger charge is 2.08. The number of carbonyl (C=O) groups is 2. The maximum atomic E-state index is 12.1. The van der Waals surface area contributed by atoms with Gasteiger partial charge in [-0.15, -0.1) is 0 Å². The molecular weight excluding hydrogens is 292 g/mol. The topological polar surface area (TPSA) is 76.0 Å². The standard InChI is InChI=1S/C17H22N4O2/c1-12-9-13(2)21(20-12)11-14-5-4-6-15(10-14)17(23)19-8-7-16(22)18-3/h4-6,9-10H,7-8,11H2,1-3H3,(H,18,22)(H,19,23). The second-order valence-corrected chi connectivity index (χ2v) is 5.46. The predicted octanol–water partition coefficient (Wildman–Crippen LogP) is 1.41. The molecule has 122 valence electrons. The third-order valence-corrected chi connectivity index (χ3v) is 3.54. The molecule has 0 aliphatic rings. The molecule has 23 heavy (non-hydrogen) atoms. The number of aromatic nitrogens is 2. The fourth-order valence-electron chi connectivity index (χ4n) is 2.34. The van der Waals surface area contributed by atoms with Gasteiger partial charge in [0.2, 0.25) is 5.91 Å². The number of hydrogen-bond donors (Lipinski definition) is 2. The largest absolute Gasteiger partial charge is 0.359 e. The van der Waals surface area contributed by atoms with Gasteiger partial charge >= 0.3 is 0 Å². The van der Waals surface area contributed by atoms with Gasteiger partial charge in [-0.25, -0.2) is 0 Å². The molecule has 6 nitrogen and oxygen atoms in total. The SMILES string of the molecule is CNC(=O)CCNC(=O)c1cccc(Cn2nc(C)cc2C)c1. The summed E-state index contributed by atoms with van der Waals surface area (Å²) in [5, 5.41) is 9.70. The van der Waals surface area contributed by atoms with E-state index in [1.54, 1.807) is 13.1 Å². The molecule has 0 radical (unpaired) electrons. The highest BCUT2D eigenvalue weighted by molar-refractivity contribution is 5.94. The van der Waals surface area contributed by atoms with Gasteiger partial charge in [0.15, 0.2) is 0 Å². The molecule has 0 spiro atoms. The molecule has 0 unspecified atom stereocenters. The predicted molar refractivity (Wildman–Crippen MR) is 88.3 cm³/mol. The van der Waals surface area contributed by atoms with Crippen molar-refractivity contribution in [3.05, 3.63) is 52.8 Å². The van der Waals surface area contributed by atoms with Crippen molar-refractivity contribution >= 4 is 11.8 Å². The van der Waals surface area contributed by atoms with E-state index in [1.165, 1.54) is 0 Å². The first-order valence-corrected chi connectivity index (χ1v) is 7.58. The molecular formula is C17H22N4O2. The summed E-state index contributed by atoms with van der Waals surface area (Å²) in [6.07, 6.45) is 0.272. The third-order valence-electron chi connectivity index (χ3n) is 3.54. The van der Waals surface area contributed by atoms with Crippen LogP contribution >= 0.6 is 0 Å². The van der Waals surface area contributed by atoms with Crippen LogP contribution in [0.15, 0.2) is 30.3 Å². The van der Waals surface area contributed by atoms with Crippen molar-refractivity contribution in [1.82, 2.24) is 20.4 Å². The second-order valence-electron chi connectivity index (χ2n) is 5.46. The van der Waals surface area contributed by atoms with E-state index in [1.807, 2.05) is 42.8 Å². The Hall–Kier alpha value is -2.63. The van der Waals surface area contributed by atoms with Crippen molar-refractivity contribution in [3.63, 3.8) is 0 Å². The number of aryl methyl sites for hydroxylation is 2. The summed E-state index contributed by atoms with van der Waals surface area (Å²) >= 11 is 0. The van der Waals surface area contributed by atoms with Crippen LogP contribution in [0.2, 0.25) is 0 Å². The second kappa shape index (κ2) is 7.58. The lowest BCUT2D eigenvalue weighted by atomic mass is 10.1. The van der Waals surface area contributed by atoms with Gasteiger partial charge in [-0.3, -0.25) is 14.3 Å². The maximum absolute atomic E-state index is 12.1. The highest BCUT2D eigenvalue weighted by Crippen LogP contribution is 2.10. The number of nitrogens with zero attached hydrogens (tertiary/aromatic N) is 2. The quantitative estimate of drug-likeness (QED) is 0.846. The molecule has 0 fully saturated rings. The highest BCUT2D eigenvalue weighted by atomic mass is 16.2. The average molecular weight is 314 g/mol. The van der Waals surface area contributed by atoms with Crippen LogP contribution in [0.25, 0.3) is 0 Å². The van der Waals surface area contributed by atoms with Crippen LogP contribution in [-0.2, 0) is 11.3 Å². The summed E-state index contributed by atoms with van der Waals surface area (Å²) < 4.78 is 1.91. The van der Waals surface area contributed by atoms with E-state index in [-0.39, 0.29) is 18.2 Å². The Balaban J connectivity index is 2.00. The smallest absolute Gasteiger partial charge is 0.251 e.